The molecule has 0 fully saturated rings. The first-order valence-electron chi connectivity index (χ1n) is 6.89. The van der Waals surface area contributed by atoms with E-state index in [0.717, 1.165) is 28.3 Å². The quantitative estimate of drug-likeness (QED) is 0.909. The maximum Gasteiger partial charge on any atom is 0.238 e. The number of amides is 1. The van der Waals surface area contributed by atoms with E-state index in [1.807, 2.05) is 32.7 Å². The standard InChI is InChI=1S/C15H19ClN4OS/c1-9-5-10(2)14(11(3)6-9)17-13(21)8-20(4)7-12-15(16)22-19-18-12/h5-6H,7-8H2,1-4H3,(H,17,21). The molecule has 1 N–H and O–H groups in total. The number of nitrogens with one attached hydrogen (secondary N) is 1. The van der Waals surface area contributed by atoms with Crippen molar-refractivity contribution >= 4 is 34.7 Å². The number of likely N-dealkylation sites (N-methyl/N-ethyl adjacent to an activating group) is 1. The molecular weight excluding hydrogens is 320 g/mol. The van der Waals surface area contributed by atoms with E-state index in [0.29, 0.717) is 16.6 Å². The molecule has 1 aromatic heterocycles. The van der Waals surface area contributed by atoms with Crippen LogP contribution in [0.3, 0.4) is 0 Å². The van der Waals surface area contributed by atoms with Crippen LogP contribution in [0.25, 0.3) is 0 Å². The van der Waals surface area contributed by atoms with Crippen molar-refractivity contribution in [2.24, 2.45) is 0 Å². The van der Waals surface area contributed by atoms with Crippen molar-refractivity contribution in [1.82, 2.24) is 14.5 Å². The average molecular weight is 339 g/mol. The number of anilines is 1. The summed E-state index contributed by atoms with van der Waals surface area (Å²) in [5, 5.41) is 6.93. The highest BCUT2D eigenvalue weighted by atomic mass is 35.5. The van der Waals surface area contributed by atoms with Crippen LogP contribution in [0, 0.1) is 20.8 Å². The minimum Gasteiger partial charge on any atom is -0.324 e. The molecule has 0 atom stereocenters. The van der Waals surface area contributed by atoms with Gasteiger partial charge in [-0.15, -0.1) is 5.10 Å². The SMILES string of the molecule is Cc1cc(C)c(NC(=O)CN(C)Cc2nnsc2Cl)c(C)c1. The monoisotopic (exact) mass is 338 g/mol. The fourth-order valence-corrected chi connectivity index (χ4v) is 3.02. The van der Waals surface area contributed by atoms with Crippen LogP contribution in [0.2, 0.25) is 4.34 Å². The number of benzene rings is 1. The predicted molar refractivity (Wildman–Crippen MR) is 90.5 cm³/mol. The third-order valence-electron chi connectivity index (χ3n) is 3.28. The van der Waals surface area contributed by atoms with Crippen molar-refractivity contribution in [3.8, 4) is 0 Å². The fraction of sp³-hybridized carbons (Fsp3) is 0.400. The van der Waals surface area contributed by atoms with Crippen LogP contribution in [0.5, 0.6) is 0 Å². The lowest BCUT2D eigenvalue weighted by atomic mass is 10.1. The predicted octanol–water partition coefficient (Wildman–Crippen LogP) is 3.19. The number of carbonyl (C=O) groups excluding carboxylic acids is 1. The Balaban J connectivity index is 1.97. The molecule has 1 amide bonds. The number of hydrogen-bond donors (Lipinski definition) is 1. The molecule has 118 valence electrons. The molecule has 0 saturated carbocycles. The third kappa shape index (κ3) is 4.25. The molecule has 22 heavy (non-hydrogen) atoms. The van der Waals surface area contributed by atoms with Crippen LogP contribution in [0.15, 0.2) is 12.1 Å². The van der Waals surface area contributed by atoms with E-state index in [9.17, 15) is 4.79 Å². The Morgan fingerprint density at radius 1 is 1.32 bits per heavy atom. The van der Waals surface area contributed by atoms with Gasteiger partial charge in [-0.3, -0.25) is 9.69 Å². The Morgan fingerprint density at radius 3 is 2.50 bits per heavy atom. The van der Waals surface area contributed by atoms with Crippen LogP contribution in [-0.4, -0.2) is 34.0 Å². The minimum absolute atomic E-state index is 0.0585. The van der Waals surface area contributed by atoms with E-state index in [2.05, 4.69) is 27.0 Å². The van der Waals surface area contributed by atoms with Crippen molar-refractivity contribution in [2.75, 3.05) is 18.9 Å². The number of hydrogen-bond acceptors (Lipinski definition) is 5. The van der Waals surface area contributed by atoms with Crippen molar-refractivity contribution in [3.05, 3.63) is 38.9 Å². The zero-order valence-electron chi connectivity index (χ0n) is 13.1. The van der Waals surface area contributed by atoms with Crippen LogP contribution >= 0.6 is 23.1 Å². The Labute approximate surface area is 139 Å². The van der Waals surface area contributed by atoms with Gasteiger partial charge in [-0.2, -0.15) is 0 Å². The summed E-state index contributed by atoms with van der Waals surface area (Å²) in [4.78, 5) is 14.1. The summed E-state index contributed by atoms with van der Waals surface area (Å²) >= 11 is 7.12. The molecule has 5 nitrogen and oxygen atoms in total. The van der Waals surface area contributed by atoms with Crippen molar-refractivity contribution in [3.63, 3.8) is 0 Å². The largest absolute Gasteiger partial charge is 0.324 e. The van der Waals surface area contributed by atoms with E-state index in [-0.39, 0.29) is 12.5 Å². The molecule has 7 heteroatoms. The van der Waals surface area contributed by atoms with E-state index >= 15 is 0 Å². The molecule has 0 aliphatic carbocycles. The summed E-state index contributed by atoms with van der Waals surface area (Å²) in [5.74, 6) is -0.0585. The first-order chi connectivity index (χ1) is 10.4. The molecule has 0 spiro atoms. The Hall–Kier alpha value is -1.50. The normalized spacial score (nSPS) is 11.0. The zero-order valence-corrected chi connectivity index (χ0v) is 14.7. The molecule has 2 aromatic rings. The lowest BCUT2D eigenvalue weighted by molar-refractivity contribution is -0.117. The molecule has 2 rings (SSSR count). The van der Waals surface area contributed by atoms with Gasteiger partial charge >= 0.3 is 0 Å². The number of aromatic nitrogens is 2. The summed E-state index contributed by atoms with van der Waals surface area (Å²) in [6, 6.07) is 4.13. The number of nitrogens with zero attached hydrogens (tertiary/aromatic N) is 3. The number of rotatable bonds is 5. The van der Waals surface area contributed by atoms with Gasteiger partial charge in [0.25, 0.3) is 0 Å². The molecule has 1 aromatic carbocycles. The van der Waals surface area contributed by atoms with Gasteiger partial charge in [-0.05, 0) is 38.9 Å². The summed E-state index contributed by atoms with van der Waals surface area (Å²) in [6.07, 6.45) is 0. The maximum absolute atomic E-state index is 12.2. The summed E-state index contributed by atoms with van der Waals surface area (Å²) in [6.45, 7) is 6.81. The number of aryl methyl sites for hydroxylation is 3. The van der Waals surface area contributed by atoms with Crippen LogP contribution in [0.4, 0.5) is 5.69 Å². The lowest BCUT2D eigenvalue weighted by Gasteiger charge is -2.17. The second-order valence-electron chi connectivity index (χ2n) is 5.49. The zero-order chi connectivity index (χ0) is 16.3. The van der Waals surface area contributed by atoms with Gasteiger partial charge in [0, 0.05) is 23.8 Å². The average Bonchev–Trinajstić information content (AvgIpc) is 2.79. The van der Waals surface area contributed by atoms with E-state index in [1.54, 1.807) is 0 Å². The Morgan fingerprint density at radius 2 is 1.95 bits per heavy atom. The van der Waals surface area contributed by atoms with Gasteiger partial charge in [0.15, 0.2) is 0 Å². The lowest BCUT2D eigenvalue weighted by Crippen LogP contribution is -2.30. The van der Waals surface area contributed by atoms with Gasteiger partial charge in [0.1, 0.15) is 10.0 Å². The number of carbonyl (C=O) groups is 1. The first kappa shape index (κ1) is 16.9. The van der Waals surface area contributed by atoms with E-state index in [4.69, 9.17) is 11.6 Å². The van der Waals surface area contributed by atoms with Gasteiger partial charge in [0.2, 0.25) is 5.91 Å². The van der Waals surface area contributed by atoms with E-state index < -0.39 is 0 Å². The number of halogens is 1. The maximum atomic E-state index is 12.2. The van der Waals surface area contributed by atoms with Crippen molar-refractivity contribution in [1.29, 1.82) is 0 Å². The molecule has 0 aliphatic rings. The van der Waals surface area contributed by atoms with Gasteiger partial charge < -0.3 is 5.32 Å². The minimum atomic E-state index is -0.0585. The summed E-state index contributed by atoms with van der Waals surface area (Å²) in [5.41, 5.74) is 4.92. The second kappa shape index (κ2) is 7.17. The highest BCUT2D eigenvalue weighted by Gasteiger charge is 2.13. The highest BCUT2D eigenvalue weighted by Crippen LogP contribution is 2.22. The highest BCUT2D eigenvalue weighted by molar-refractivity contribution is 7.10. The molecule has 0 bridgehead atoms. The molecular formula is C15H19ClN4OS. The van der Waals surface area contributed by atoms with Gasteiger partial charge in [0.05, 0.1) is 6.54 Å². The topological polar surface area (TPSA) is 58.1 Å². The van der Waals surface area contributed by atoms with Gasteiger partial charge in [-0.1, -0.05) is 33.8 Å². The Kier molecular flexibility index (Phi) is 5.50. The van der Waals surface area contributed by atoms with E-state index in [1.165, 1.54) is 5.56 Å². The van der Waals surface area contributed by atoms with Crippen molar-refractivity contribution in [2.45, 2.75) is 27.3 Å². The molecule has 0 radical (unpaired) electrons. The van der Waals surface area contributed by atoms with Crippen LogP contribution in [0.1, 0.15) is 22.4 Å². The molecule has 1 heterocycles. The molecule has 0 aliphatic heterocycles. The van der Waals surface area contributed by atoms with Crippen LogP contribution in [-0.2, 0) is 11.3 Å². The van der Waals surface area contributed by atoms with Crippen LogP contribution < -0.4 is 5.32 Å². The smallest absolute Gasteiger partial charge is 0.238 e. The first-order valence-corrected chi connectivity index (χ1v) is 8.05. The second-order valence-corrected chi connectivity index (χ2v) is 6.84. The molecule has 0 unspecified atom stereocenters. The van der Waals surface area contributed by atoms with Crippen molar-refractivity contribution < 1.29 is 4.79 Å². The van der Waals surface area contributed by atoms with Gasteiger partial charge in [-0.25, -0.2) is 0 Å². The third-order valence-corrected chi connectivity index (χ3v) is 4.27. The Bertz CT molecular complexity index is 663. The summed E-state index contributed by atoms with van der Waals surface area (Å²) < 4.78 is 4.35. The summed E-state index contributed by atoms with van der Waals surface area (Å²) in [7, 11) is 1.85. The molecule has 0 saturated heterocycles. The fourth-order valence-electron chi connectivity index (χ4n) is 2.40.